The van der Waals surface area contributed by atoms with Crippen molar-refractivity contribution >= 4 is 16.8 Å². The molecule has 0 aliphatic carbocycles. The van der Waals surface area contributed by atoms with Crippen molar-refractivity contribution in [1.29, 1.82) is 0 Å². The summed E-state index contributed by atoms with van der Waals surface area (Å²) >= 11 is 0. The average Bonchev–Trinajstić information content (AvgIpc) is 2.53. The van der Waals surface area contributed by atoms with Crippen LogP contribution in [0.15, 0.2) is 42.5 Å². The lowest BCUT2D eigenvalue weighted by atomic mass is 10.0. The molecule has 4 nitrogen and oxygen atoms in total. The van der Waals surface area contributed by atoms with E-state index < -0.39 is 0 Å². The summed E-state index contributed by atoms with van der Waals surface area (Å²) in [7, 11) is 0. The zero-order valence-corrected chi connectivity index (χ0v) is 14.1. The Morgan fingerprint density at radius 2 is 1.83 bits per heavy atom. The lowest BCUT2D eigenvalue weighted by Gasteiger charge is -2.16. The van der Waals surface area contributed by atoms with Gasteiger partial charge in [0.25, 0.3) is 0 Å². The van der Waals surface area contributed by atoms with Crippen molar-refractivity contribution in [3.63, 3.8) is 0 Å². The third kappa shape index (κ3) is 5.57. The molecule has 0 radical (unpaired) electrons. The van der Waals surface area contributed by atoms with E-state index in [1.54, 1.807) is 0 Å². The van der Waals surface area contributed by atoms with Crippen LogP contribution in [0.1, 0.15) is 38.8 Å². The number of fused-ring (bicyclic) bond motifs is 1. The Hall–Kier alpha value is -2.07. The first kappa shape index (κ1) is 17.3. The number of amides is 2. The third-order valence-corrected chi connectivity index (χ3v) is 3.68. The lowest BCUT2D eigenvalue weighted by Crippen LogP contribution is -2.37. The van der Waals surface area contributed by atoms with Crippen LogP contribution in [0.25, 0.3) is 10.8 Å². The van der Waals surface area contributed by atoms with Crippen LogP contribution < -0.4 is 10.6 Å². The van der Waals surface area contributed by atoms with Crippen LogP contribution >= 0.6 is 0 Å². The van der Waals surface area contributed by atoms with Crippen LogP contribution in [0.2, 0.25) is 0 Å². The number of hydrogen-bond acceptors (Lipinski definition) is 2. The Morgan fingerprint density at radius 1 is 1.09 bits per heavy atom. The highest BCUT2D eigenvalue weighted by molar-refractivity contribution is 5.83. The molecule has 0 spiro atoms. The zero-order valence-electron chi connectivity index (χ0n) is 14.1. The van der Waals surface area contributed by atoms with Crippen LogP contribution in [0.5, 0.6) is 0 Å². The maximum atomic E-state index is 11.9. The molecule has 0 aromatic heterocycles. The Balaban J connectivity index is 1.80. The summed E-state index contributed by atoms with van der Waals surface area (Å²) in [5, 5.41) is 8.23. The Labute approximate surface area is 138 Å². The largest absolute Gasteiger partial charge is 0.379 e. The van der Waals surface area contributed by atoms with Crippen molar-refractivity contribution in [2.45, 2.75) is 39.3 Å². The van der Waals surface area contributed by atoms with Gasteiger partial charge in [0.05, 0.1) is 12.1 Å². The van der Waals surface area contributed by atoms with Gasteiger partial charge in [-0.15, -0.1) is 0 Å². The fourth-order valence-electron chi connectivity index (χ4n) is 2.40. The van der Waals surface area contributed by atoms with E-state index in [1.165, 1.54) is 10.8 Å². The smallest absolute Gasteiger partial charge is 0.315 e. The molecular formula is C19H26N2O2. The number of ether oxygens (including phenoxy) is 1. The minimum atomic E-state index is -0.143. The van der Waals surface area contributed by atoms with Gasteiger partial charge >= 0.3 is 6.03 Å². The van der Waals surface area contributed by atoms with Crippen LogP contribution in [0.4, 0.5) is 4.79 Å². The van der Waals surface area contributed by atoms with Gasteiger partial charge < -0.3 is 15.4 Å². The number of rotatable bonds is 7. The van der Waals surface area contributed by atoms with E-state index in [1.807, 2.05) is 32.9 Å². The van der Waals surface area contributed by atoms with Crippen LogP contribution in [0.3, 0.4) is 0 Å². The van der Waals surface area contributed by atoms with Gasteiger partial charge in [-0.2, -0.15) is 0 Å². The summed E-state index contributed by atoms with van der Waals surface area (Å²) in [5.74, 6) is 0. The number of benzene rings is 2. The molecule has 0 heterocycles. The first-order valence-electron chi connectivity index (χ1n) is 8.21. The van der Waals surface area contributed by atoms with Gasteiger partial charge in [0.15, 0.2) is 0 Å². The summed E-state index contributed by atoms with van der Waals surface area (Å²) in [6, 6.07) is 14.3. The van der Waals surface area contributed by atoms with E-state index in [-0.39, 0.29) is 18.2 Å². The molecule has 2 N–H and O–H groups in total. The molecule has 0 fully saturated rings. The van der Waals surface area contributed by atoms with E-state index in [0.717, 1.165) is 12.0 Å². The molecule has 2 aromatic carbocycles. The number of carbonyl (C=O) groups is 1. The maximum absolute atomic E-state index is 11.9. The molecule has 2 rings (SSSR count). The van der Waals surface area contributed by atoms with Crippen molar-refractivity contribution in [2.24, 2.45) is 0 Å². The maximum Gasteiger partial charge on any atom is 0.315 e. The molecule has 0 saturated carbocycles. The molecule has 2 amide bonds. The standard InChI is InChI=1S/C19H26N2O2/c1-14(2)23-12-6-11-20-19(22)21-15(3)17-10-9-16-7-4-5-8-18(16)13-17/h4-5,7-10,13-15H,6,11-12H2,1-3H3,(H2,20,21,22)/t15-/m1/s1. The summed E-state index contributed by atoms with van der Waals surface area (Å²) in [6.45, 7) is 7.28. The predicted octanol–water partition coefficient (Wildman–Crippen LogP) is 4.02. The van der Waals surface area contributed by atoms with Gasteiger partial charge in [0, 0.05) is 13.2 Å². The number of hydrogen-bond donors (Lipinski definition) is 2. The summed E-state index contributed by atoms with van der Waals surface area (Å²) in [4.78, 5) is 11.9. The van der Waals surface area contributed by atoms with Crippen LogP contribution in [0, 0.1) is 0 Å². The Bertz CT molecular complexity index is 640. The molecule has 0 saturated heterocycles. The molecule has 23 heavy (non-hydrogen) atoms. The van der Waals surface area contributed by atoms with Crippen molar-refractivity contribution in [1.82, 2.24) is 10.6 Å². The van der Waals surface area contributed by atoms with Crippen LogP contribution in [-0.4, -0.2) is 25.3 Å². The quantitative estimate of drug-likeness (QED) is 0.759. The summed E-state index contributed by atoms with van der Waals surface area (Å²) < 4.78 is 5.44. The number of urea groups is 1. The second kappa shape index (κ2) is 8.53. The fraction of sp³-hybridized carbons (Fsp3) is 0.421. The van der Waals surface area contributed by atoms with Gasteiger partial charge in [-0.25, -0.2) is 4.79 Å². The van der Waals surface area contributed by atoms with E-state index in [2.05, 4.69) is 41.0 Å². The highest BCUT2D eigenvalue weighted by Crippen LogP contribution is 2.20. The zero-order chi connectivity index (χ0) is 16.7. The van der Waals surface area contributed by atoms with Gasteiger partial charge in [0.1, 0.15) is 0 Å². The molecule has 124 valence electrons. The van der Waals surface area contributed by atoms with E-state index >= 15 is 0 Å². The second-order valence-electron chi connectivity index (χ2n) is 6.00. The van der Waals surface area contributed by atoms with Gasteiger partial charge in [0.2, 0.25) is 0 Å². The van der Waals surface area contributed by atoms with E-state index in [4.69, 9.17) is 4.74 Å². The van der Waals surface area contributed by atoms with Gasteiger partial charge in [-0.05, 0) is 49.6 Å². The van der Waals surface area contributed by atoms with Crippen molar-refractivity contribution in [3.05, 3.63) is 48.0 Å². The number of carbonyl (C=O) groups excluding carboxylic acids is 1. The van der Waals surface area contributed by atoms with Crippen molar-refractivity contribution < 1.29 is 9.53 Å². The SMILES string of the molecule is CC(C)OCCCNC(=O)N[C@H](C)c1ccc2ccccc2c1. The summed E-state index contributed by atoms with van der Waals surface area (Å²) in [5.41, 5.74) is 1.10. The molecule has 0 bridgehead atoms. The molecule has 2 aromatic rings. The second-order valence-corrected chi connectivity index (χ2v) is 6.00. The van der Waals surface area contributed by atoms with E-state index in [9.17, 15) is 4.79 Å². The van der Waals surface area contributed by atoms with Gasteiger partial charge in [-0.3, -0.25) is 0 Å². The van der Waals surface area contributed by atoms with Crippen molar-refractivity contribution in [3.8, 4) is 0 Å². The minimum absolute atomic E-state index is 0.0356. The average molecular weight is 314 g/mol. The van der Waals surface area contributed by atoms with E-state index in [0.29, 0.717) is 13.2 Å². The normalized spacial score (nSPS) is 12.3. The van der Waals surface area contributed by atoms with Crippen molar-refractivity contribution in [2.75, 3.05) is 13.2 Å². The lowest BCUT2D eigenvalue weighted by molar-refractivity contribution is 0.0774. The first-order chi connectivity index (χ1) is 11.1. The predicted molar refractivity (Wildman–Crippen MR) is 94.6 cm³/mol. The highest BCUT2D eigenvalue weighted by Gasteiger charge is 2.09. The highest BCUT2D eigenvalue weighted by atomic mass is 16.5. The first-order valence-corrected chi connectivity index (χ1v) is 8.21. The summed E-state index contributed by atoms with van der Waals surface area (Å²) in [6.07, 6.45) is 1.05. The molecule has 0 unspecified atom stereocenters. The fourth-order valence-corrected chi connectivity index (χ4v) is 2.40. The van der Waals surface area contributed by atoms with Crippen LogP contribution in [-0.2, 0) is 4.74 Å². The molecule has 0 aliphatic heterocycles. The Morgan fingerprint density at radius 3 is 2.57 bits per heavy atom. The third-order valence-electron chi connectivity index (χ3n) is 3.68. The monoisotopic (exact) mass is 314 g/mol. The van der Waals surface area contributed by atoms with Gasteiger partial charge in [-0.1, -0.05) is 36.4 Å². The number of nitrogens with one attached hydrogen (secondary N) is 2. The molecule has 1 atom stereocenters. The molecule has 0 aliphatic rings. The topological polar surface area (TPSA) is 50.4 Å². The minimum Gasteiger partial charge on any atom is -0.379 e. The molecule has 4 heteroatoms. The molecular weight excluding hydrogens is 288 g/mol. The Kier molecular flexibility index (Phi) is 6.41.